The molecule has 0 radical (unpaired) electrons. The molecule has 0 aromatic heterocycles. The standard InChI is InChI=1S/C16H26O5/c1-9(2)12(19)21-14-15(4,5)13(16(14,6)7)20-11(18)8-10(3)17/h12-14,19H,1,8H2,2-7H3. The molecule has 1 atom stereocenters. The highest BCUT2D eigenvalue weighted by Crippen LogP contribution is 2.57. The molecule has 5 nitrogen and oxygen atoms in total. The first kappa shape index (κ1) is 17.9. The van der Waals surface area contributed by atoms with Gasteiger partial charge in [-0.2, -0.15) is 0 Å². The molecule has 1 N–H and O–H groups in total. The number of ketones is 1. The summed E-state index contributed by atoms with van der Waals surface area (Å²) in [6, 6.07) is 0. The number of aliphatic hydroxyl groups is 1. The van der Waals surface area contributed by atoms with Crippen molar-refractivity contribution in [2.24, 2.45) is 10.8 Å². The van der Waals surface area contributed by atoms with Gasteiger partial charge in [0.25, 0.3) is 0 Å². The highest BCUT2D eigenvalue weighted by Gasteiger charge is 2.65. The van der Waals surface area contributed by atoms with E-state index in [1.807, 2.05) is 27.7 Å². The SMILES string of the molecule is C=C(C)C(O)OC1C(C)(C)C(OC(=O)CC(C)=O)C1(C)C. The van der Waals surface area contributed by atoms with E-state index in [9.17, 15) is 14.7 Å². The van der Waals surface area contributed by atoms with E-state index in [2.05, 4.69) is 6.58 Å². The highest BCUT2D eigenvalue weighted by molar-refractivity contribution is 5.94. The fourth-order valence-corrected chi connectivity index (χ4v) is 3.37. The van der Waals surface area contributed by atoms with E-state index in [4.69, 9.17) is 9.47 Å². The van der Waals surface area contributed by atoms with E-state index in [0.717, 1.165) is 0 Å². The van der Waals surface area contributed by atoms with E-state index in [0.29, 0.717) is 5.57 Å². The summed E-state index contributed by atoms with van der Waals surface area (Å²) in [6.07, 6.45) is -1.92. The smallest absolute Gasteiger partial charge is 0.313 e. The molecule has 0 spiro atoms. The maximum atomic E-state index is 11.7. The van der Waals surface area contributed by atoms with Crippen LogP contribution in [0.4, 0.5) is 0 Å². The Kier molecular flexibility index (Phi) is 5.01. The second kappa shape index (κ2) is 5.89. The van der Waals surface area contributed by atoms with Crippen molar-refractivity contribution in [1.29, 1.82) is 0 Å². The van der Waals surface area contributed by atoms with Crippen molar-refractivity contribution in [3.05, 3.63) is 12.2 Å². The van der Waals surface area contributed by atoms with Gasteiger partial charge in [0.2, 0.25) is 0 Å². The molecule has 1 unspecified atom stereocenters. The lowest BCUT2D eigenvalue weighted by Crippen LogP contribution is -2.70. The third-order valence-electron chi connectivity index (χ3n) is 4.03. The van der Waals surface area contributed by atoms with Gasteiger partial charge in [-0.3, -0.25) is 9.59 Å². The number of carbonyl (C=O) groups is 2. The molecule has 0 aromatic rings. The van der Waals surface area contributed by atoms with E-state index in [-0.39, 0.29) is 24.4 Å². The lowest BCUT2D eigenvalue weighted by Gasteiger charge is -2.62. The molecule has 1 rings (SSSR count). The van der Waals surface area contributed by atoms with E-state index in [1.54, 1.807) is 6.92 Å². The molecule has 120 valence electrons. The molecule has 0 heterocycles. The second-order valence-electron chi connectivity index (χ2n) is 7.11. The molecule has 1 aliphatic rings. The number of hydrogen-bond donors (Lipinski definition) is 1. The molecule has 0 bridgehead atoms. The summed E-state index contributed by atoms with van der Waals surface area (Å²) in [5.41, 5.74) is -0.378. The Morgan fingerprint density at radius 1 is 1.14 bits per heavy atom. The summed E-state index contributed by atoms with van der Waals surface area (Å²) in [7, 11) is 0. The van der Waals surface area contributed by atoms with Crippen LogP contribution >= 0.6 is 0 Å². The van der Waals surface area contributed by atoms with Crippen molar-refractivity contribution in [3.8, 4) is 0 Å². The highest BCUT2D eigenvalue weighted by atomic mass is 16.6. The molecule has 0 saturated heterocycles. The van der Waals surface area contributed by atoms with Crippen LogP contribution in [0.2, 0.25) is 0 Å². The number of ether oxygens (including phenoxy) is 2. The largest absolute Gasteiger partial charge is 0.461 e. The first-order chi connectivity index (χ1) is 9.40. The number of carbonyl (C=O) groups excluding carboxylic acids is 2. The molecular weight excluding hydrogens is 272 g/mol. The van der Waals surface area contributed by atoms with Gasteiger partial charge >= 0.3 is 5.97 Å². The van der Waals surface area contributed by atoms with Crippen LogP contribution in [0.1, 0.15) is 48.0 Å². The van der Waals surface area contributed by atoms with Crippen molar-refractivity contribution in [2.45, 2.75) is 66.5 Å². The number of esters is 1. The third-order valence-corrected chi connectivity index (χ3v) is 4.03. The first-order valence-corrected chi connectivity index (χ1v) is 7.08. The van der Waals surface area contributed by atoms with Crippen LogP contribution in [0.3, 0.4) is 0 Å². The van der Waals surface area contributed by atoms with E-state index < -0.39 is 23.1 Å². The maximum absolute atomic E-state index is 11.7. The van der Waals surface area contributed by atoms with Crippen LogP contribution in [0.25, 0.3) is 0 Å². The summed E-state index contributed by atoms with van der Waals surface area (Å²) in [5.74, 6) is -0.743. The van der Waals surface area contributed by atoms with Crippen LogP contribution in [0.15, 0.2) is 12.2 Å². The molecule has 0 amide bonds. The van der Waals surface area contributed by atoms with Crippen LogP contribution in [0.5, 0.6) is 0 Å². The van der Waals surface area contributed by atoms with Crippen LogP contribution in [-0.2, 0) is 19.1 Å². The number of Topliss-reactive ketones (excluding diaryl/α,β-unsaturated/α-hetero) is 1. The minimum absolute atomic E-state index is 0.220. The minimum atomic E-state index is -1.04. The van der Waals surface area contributed by atoms with Crippen molar-refractivity contribution in [3.63, 3.8) is 0 Å². The van der Waals surface area contributed by atoms with Crippen LogP contribution in [0, 0.1) is 10.8 Å². The molecule has 5 heteroatoms. The third kappa shape index (κ3) is 3.52. The lowest BCUT2D eigenvalue weighted by atomic mass is 9.51. The molecule has 21 heavy (non-hydrogen) atoms. The molecule has 0 aliphatic heterocycles. The normalized spacial score (nSPS) is 27.4. The van der Waals surface area contributed by atoms with Gasteiger partial charge in [0.15, 0.2) is 6.29 Å². The van der Waals surface area contributed by atoms with Crippen molar-refractivity contribution in [1.82, 2.24) is 0 Å². The summed E-state index contributed by atoms with van der Waals surface area (Å²) in [4.78, 5) is 22.7. The average Bonchev–Trinajstić information content (AvgIpc) is 2.30. The number of aliphatic hydroxyl groups excluding tert-OH is 1. The predicted octanol–water partition coefficient (Wildman–Crippen LogP) is 2.22. The second-order valence-corrected chi connectivity index (χ2v) is 7.11. The average molecular weight is 298 g/mol. The predicted molar refractivity (Wildman–Crippen MR) is 78.4 cm³/mol. The van der Waals surface area contributed by atoms with Gasteiger partial charge in [0.05, 0.1) is 6.10 Å². The zero-order chi connectivity index (χ0) is 16.6. The molecular formula is C16H26O5. The Bertz CT molecular complexity index is 434. The zero-order valence-corrected chi connectivity index (χ0v) is 13.7. The Labute approximate surface area is 126 Å². The van der Waals surface area contributed by atoms with Gasteiger partial charge in [-0.1, -0.05) is 34.3 Å². The fourth-order valence-electron chi connectivity index (χ4n) is 3.37. The fraction of sp³-hybridized carbons (Fsp3) is 0.750. The zero-order valence-electron chi connectivity index (χ0n) is 13.7. The van der Waals surface area contributed by atoms with Crippen LogP contribution < -0.4 is 0 Å². The monoisotopic (exact) mass is 298 g/mol. The molecule has 1 saturated carbocycles. The molecule has 0 aromatic carbocycles. The van der Waals surface area contributed by atoms with Gasteiger partial charge in [-0.25, -0.2) is 0 Å². The topological polar surface area (TPSA) is 72.8 Å². The maximum Gasteiger partial charge on any atom is 0.313 e. The van der Waals surface area contributed by atoms with Crippen LogP contribution in [-0.4, -0.2) is 35.4 Å². The summed E-state index contributed by atoms with van der Waals surface area (Å²) in [6.45, 7) is 14.4. The Morgan fingerprint density at radius 3 is 2.00 bits per heavy atom. The molecule has 1 fully saturated rings. The molecule has 1 aliphatic carbocycles. The van der Waals surface area contributed by atoms with E-state index in [1.165, 1.54) is 6.92 Å². The lowest BCUT2D eigenvalue weighted by molar-refractivity contribution is -0.303. The minimum Gasteiger partial charge on any atom is -0.461 e. The Hall–Kier alpha value is -1.20. The van der Waals surface area contributed by atoms with Crippen molar-refractivity contribution in [2.75, 3.05) is 0 Å². The summed E-state index contributed by atoms with van der Waals surface area (Å²) in [5, 5.41) is 9.84. The Morgan fingerprint density at radius 2 is 1.62 bits per heavy atom. The van der Waals surface area contributed by atoms with Gasteiger partial charge in [-0.15, -0.1) is 0 Å². The van der Waals surface area contributed by atoms with Crippen molar-refractivity contribution < 1.29 is 24.2 Å². The number of rotatable bonds is 6. The quantitative estimate of drug-likeness (QED) is 0.352. The van der Waals surface area contributed by atoms with Gasteiger partial charge in [0, 0.05) is 10.8 Å². The Balaban J connectivity index is 2.80. The van der Waals surface area contributed by atoms with Gasteiger partial charge in [-0.05, 0) is 19.4 Å². The van der Waals surface area contributed by atoms with Gasteiger partial charge in [0.1, 0.15) is 18.3 Å². The first-order valence-electron chi connectivity index (χ1n) is 7.08. The van der Waals surface area contributed by atoms with Crippen molar-refractivity contribution >= 4 is 11.8 Å². The summed E-state index contributed by atoms with van der Waals surface area (Å²) >= 11 is 0. The van der Waals surface area contributed by atoms with E-state index >= 15 is 0 Å². The summed E-state index contributed by atoms with van der Waals surface area (Å²) < 4.78 is 11.1. The van der Waals surface area contributed by atoms with Gasteiger partial charge < -0.3 is 14.6 Å². The number of hydrogen-bond acceptors (Lipinski definition) is 5.